The van der Waals surface area contributed by atoms with Crippen molar-refractivity contribution in [1.29, 1.82) is 0 Å². The molecule has 0 amide bonds. The van der Waals surface area contributed by atoms with Crippen molar-refractivity contribution in [3.05, 3.63) is 72.9 Å². The van der Waals surface area contributed by atoms with E-state index in [1.54, 1.807) is 6.08 Å². The molecule has 25 heavy (non-hydrogen) atoms. The van der Waals surface area contributed by atoms with Gasteiger partial charge in [0.2, 0.25) is 0 Å². The van der Waals surface area contributed by atoms with Crippen molar-refractivity contribution in [3.8, 4) is 0 Å². The van der Waals surface area contributed by atoms with Gasteiger partial charge in [0.15, 0.2) is 0 Å². The molecule has 0 aromatic carbocycles. The minimum atomic E-state index is -0.754. The van der Waals surface area contributed by atoms with E-state index >= 15 is 0 Å². The van der Waals surface area contributed by atoms with Crippen LogP contribution < -0.4 is 0 Å². The third kappa shape index (κ3) is 19.8. The van der Waals surface area contributed by atoms with Crippen LogP contribution in [-0.4, -0.2) is 22.3 Å². The molecular formula is C22H32O3. The molecule has 0 aromatic heterocycles. The Morgan fingerprint density at radius 3 is 2.04 bits per heavy atom. The van der Waals surface area contributed by atoms with Gasteiger partial charge in [-0.15, -0.1) is 0 Å². The monoisotopic (exact) mass is 344 g/mol. The highest BCUT2D eigenvalue weighted by Gasteiger charge is 1.92. The summed E-state index contributed by atoms with van der Waals surface area (Å²) < 4.78 is 0. The molecule has 0 saturated heterocycles. The Hall–Kier alpha value is -2.13. The predicted octanol–water partition coefficient (Wildman–Crippen LogP) is 5.52. The Morgan fingerprint density at radius 1 is 0.840 bits per heavy atom. The van der Waals surface area contributed by atoms with Gasteiger partial charge in [-0.05, 0) is 38.5 Å². The first-order chi connectivity index (χ1) is 12.2. The number of hydrogen-bond acceptors (Lipinski definition) is 2. The zero-order valence-corrected chi connectivity index (χ0v) is 15.3. The minimum Gasteiger partial charge on any atom is -0.481 e. The first-order valence-electron chi connectivity index (χ1n) is 9.00. The van der Waals surface area contributed by atoms with Gasteiger partial charge in [0.1, 0.15) is 0 Å². The number of rotatable bonds is 14. The van der Waals surface area contributed by atoms with E-state index in [0.29, 0.717) is 12.8 Å². The molecule has 0 bridgehead atoms. The second-order valence-corrected chi connectivity index (χ2v) is 5.55. The van der Waals surface area contributed by atoms with Gasteiger partial charge in [-0.3, -0.25) is 4.79 Å². The summed E-state index contributed by atoms with van der Waals surface area (Å²) in [5, 5.41) is 18.2. The van der Waals surface area contributed by atoms with Crippen LogP contribution in [0, 0.1) is 0 Å². The summed E-state index contributed by atoms with van der Waals surface area (Å²) in [6.45, 7) is 2.08. The molecule has 0 rings (SSSR count). The van der Waals surface area contributed by atoms with Crippen LogP contribution in [0.2, 0.25) is 0 Å². The molecule has 3 nitrogen and oxygen atoms in total. The average Bonchev–Trinajstić information content (AvgIpc) is 2.58. The second kappa shape index (κ2) is 18.2. The smallest absolute Gasteiger partial charge is 0.303 e. The summed E-state index contributed by atoms with van der Waals surface area (Å²) in [5.41, 5.74) is 0. The van der Waals surface area contributed by atoms with E-state index in [1.807, 2.05) is 30.4 Å². The topological polar surface area (TPSA) is 57.5 Å². The zero-order chi connectivity index (χ0) is 18.6. The Kier molecular flexibility index (Phi) is 16.7. The maximum atomic E-state index is 10.3. The van der Waals surface area contributed by atoms with E-state index in [-0.39, 0.29) is 6.42 Å². The average molecular weight is 344 g/mol. The quantitative estimate of drug-likeness (QED) is 0.322. The second-order valence-electron chi connectivity index (χ2n) is 5.55. The lowest BCUT2D eigenvalue weighted by atomic mass is 10.2. The third-order valence-electron chi connectivity index (χ3n) is 3.20. The summed E-state index contributed by atoms with van der Waals surface area (Å²) in [6.07, 6.45) is 28.7. The number of allylic oxidation sites excluding steroid dienone is 10. The van der Waals surface area contributed by atoms with Crippen LogP contribution in [-0.2, 0) is 4.79 Å². The number of aliphatic hydroxyl groups is 1. The fraction of sp³-hybridized carbons (Fsp3) is 0.409. The molecule has 138 valence electrons. The van der Waals surface area contributed by atoms with Crippen molar-refractivity contribution in [2.24, 2.45) is 0 Å². The molecule has 0 aromatic rings. The Morgan fingerprint density at radius 2 is 1.44 bits per heavy atom. The highest BCUT2D eigenvalue weighted by molar-refractivity contribution is 5.66. The van der Waals surface area contributed by atoms with E-state index in [9.17, 15) is 9.90 Å². The van der Waals surface area contributed by atoms with Gasteiger partial charge in [0, 0.05) is 6.42 Å². The highest BCUT2D eigenvalue weighted by atomic mass is 16.4. The van der Waals surface area contributed by atoms with E-state index in [0.717, 1.165) is 25.7 Å². The van der Waals surface area contributed by atoms with E-state index in [1.165, 1.54) is 0 Å². The molecule has 0 spiro atoms. The molecule has 0 radical (unpaired) electrons. The van der Waals surface area contributed by atoms with Crippen LogP contribution >= 0.6 is 0 Å². The van der Waals surface area contributed by atoms with Crippen molar-refractivity contribution in [2.45, 2.75) is 58.0 Å². The van der Waals surface area contributed by atoms with Crippen LogP contribution in [0.3, 0.4) is 0 Å². The van der Waals surface area contributed by atoms with Crippen molar-refractivity contribution in [2.75, 3.05) is 0 Å². The Bertz CT molecular complexity index is 493. The van der Waals surface area contributed by atoms with Crippen LogP contribution in [0.15, 0.2) is 72.9 Å². The van der Waals surface area contributed by atoms with Gasteiger partial charge < -0.3 is 10.2 Å². The standard InChI is InChI=1S/C22H32O3/c1-2-3-15-18-21(23)19-16-13-11-9-7-5-4-6-8-10-12-14-17-20-22(24)25/h3,5-8,11-16,19,21,23H,2,4,9-10,17-18,20H2,1H3,(H,24,25)/b7-5-,8-6-,13-11-,14-12-,15-3-,19-16+. The Balaban J connectivity index is 3.66. The molecule has 2 N–H and O–H groups in total. The van der Waals surface area contributed by atoms with Crippen LogP contribution in [0.4, 0.5) is 0 Å². The lowest BCUT2D eigenvalue weighted by Crippen LogP contribution is -1.98. The lowest BCUT2D eigenvalue weighted by molar-refractivity contribution is -0.136. The SMILES string of the molecule is CC/C=C\CC(O)/C=C/C=C\C/C=C\C/C=C\C/C=C\CCC(=O)O. The van der Waals surface area contributed by atoms with Gasteiger partial charge in [0.25, 0.3) is 0 Å². The molecule has 0 aliphatic heterocycles. The first-order valence-corrected chi connectivity index (χ1v) is 9.00. The van der Waals surface area contributed by atoms with E-state index in [2.05, 4.69) is 43.4 Å². The fourth-order valence-electron chi connectivity index (χ4n) is 1.87. The highest BCUT2D eigenvalue weighted by Crippen LogP contribution is 1.98. The lowest BCUT2D eigenvalue weighted by Gasteiger charge is -1.98. The van der Waals surface area contributed by atoms with Gasteiger partial charge in [-0.25, -0.2) is 0 Å². The normalized spacial score (nSPS) is 14.3. The fourth-order valence-corrected chi connectivity index (χ4v) is 1.87. The number of carbonyl (C=O) groups is 1. The van der Waals surface area contributed by atoms with E-state index < -0.39 is 12.1 Å². The van der Waals surface area contributed by atoms with E-state index in [4.69, 9.17) is 5.11 Å². The predicted molar refractivity (Wildman–Crippen MR) is 106 cm³/mol. The summed E-state index contributed by atoms with van der Waals surface area (Å²) >= 11 is 0. The summed E-state index contributed by atoms with van der Waals surface area (Å²) in [7, 11) is 0. The molecule has 0 aliphatic rings. The number of carboxylic acids is 1. The Labute approximate surface area is 152 Å². The molecular weight excluding hydrogens is 312 g/mol. The molecule has 0 aliphatic carbocycles. The molecule has 3 heteroatoms. The van der Waals surface area contributed by atoms with Crippen LogP contribution in [0.1, 0.15) is 51.9 Å². The van der Waals surface area contributed by atoms with Crippen molar-refractivity contribution < 1.29 is 15.0 Å². The summed E-state index contributed by atoms with van der Waals surface area (Å²) in [4.78, 5) is 10.3. The maximum Gasteiger partial charge on any atom is 0.303 e. The van der Waals surface area contributed by atoms with Gasteiger partial charge in [-0.2, -0.15) is 0 Å². The largest absolute Gasteiger partial charge is 0.481 e. The minimum absolute atomic E-state index is 0.195. The summed E-state index contributed by atoms with van der Waals surface area (Å²) in [5.74, 6) is -0.754. The summed E-state index contributed by atoms with van der Waals surface area (Å²) in [6, 6.07) is 0. The molecule has 0 fully saturated rings. The number of aliphatic hydroxyl groups excluding tert-OH is 1. The molecule has 0 heterocycles. The van der Waals surface area contributed by atoms with Gasteiger partial charge in [-0.1, -0.05) is 79.8 Å². The van der Waals surface area contributed by atoms with Crippen molar-refractivity contribution >= 4 is 5.97 Å². The molecule has 1 unspecified atom stereocenters. The first kappa shape index (κ1) is 22.9. The number of hydrogen-bond donors (Lipinski definition) is 2. The number of carboxylic acid groups (broad SMARTS) is 1. The van der Waals surface area contributed by atoms with Crippen LogP contribution in [0.25, 0.3) is 0 Å². The molecule has 1 atom stereocenters. The van der Waals surface area contributed by atoms with Gasteiger partial charge in [0.05, 0.1) is 6.10 Å². The van der Waals surface area contributed by atoms with Crippen molar-refractivity contribution in [1.82, 2.24) is 0 Å². The number of aliphatic carboxylic acids is 1. The van der Waals surface area contributed by atoms with Crippen LogP contribution in [0.5, 0.6) is 0 Å². The molecule has 0 saturated carbocycles. The zero-order valence-electron chi connectivity index (χ0n) is 15.3. The third-order valence-corrected chi connectivity index (χ3v) is 3.20. The van der Waals surface area contributed by atoms with Gasteiger partial charge >= 0.3 is 5.97 Å². The van der Waals surface area contributed by atoms with Crippen molar-refractivity contribution in [3.63, 3.8) is 0 Å². The maximum absolute atomic E-state index is 10.3.